The number of ether oxygens (including phenoxy) is 2. The predicted molar refractivity (Wildman–Crippen MR) is 77.8 cm³/mol. The topological polar surface area (TPSA) is 47.6 Å². The molecule has 0 bridgehead atoms. The third-order valence-electron chi connectivity index (χ3n) is 3.89. The van der Waals surface area contributed by atoms with Crippen molar-refractivity contribution in [3.8, 4) is 5.75 Å². The third kappa shape index (κ3) is 2.52. The summed E-state index contributed by atoms with van der Waals surface area (Å²) in [6.45, 7) is 5.02. The highest BCUT2D eigenvalue weighted by Gasteiger charge is 2.46. The standard InChI is InChI=1S/C16H23NO3/c1-11(2)10-17-16(15(18)20-4)8-7-12-5-6-13(19-3)9-14(12)16/h5-6,9,11,17H,7-8,10H2,1-4H3. The molecule has 1 aliphatic carbocycles. The number of carbonyl (C=O) groups is 1. The number of carbonyl (C=O) groups excluding carboxylic acids is 1. The molecule has 0 saturated carbocycles. The Morgan fingerprint density at radius 2 is 2.15 bits per heavy atom. The van der Waals surface area contributed by atoms with E-state index >= 15 is 0 Å². The zero-order valence-corrected chi connectivity index (χ0v) is 12.7. The van der Waals surface area contributed by atoms with Gasteiger partial charge in [-0.25, -0.2) is 4.79 Å². The van der Waals surface area contributed by atoms with Gasteiger partial charge in [-0.1, -0.05) is 19.9 Å². The number of hydrogen-bond donors (Lipinski definition) is 1. The summed E-state index contributed by atoms with van der Waals surface area (Å²) in [5.74, 6) is 1.02. The molecule has 110 valence electrons. The summed E-state index contributed by atoms with van der Waals surface area (Å²) in [7, 11) is 3.08. The van der Waals surface area contributed by atoms with Crippen molar-refractivity contribution < 1.29 is 14.3 Å². The zero-order chi connectivity index (χ0) is 14.8. The molecule has 4 heteroatoms. The van der Waals surface area contributed by atoms with Crippen LogP contribution in [-0.2, 0) is 21.5 Å². The number of methoxy groups -OCH3 is 2. The van der Waals surface area contributed by atoms with Crippen LogP contribution in [0.25, 0.3) is 0 Å². The van der Waals surface area contributed by atoms with Crippen LogP contribution in [0.4, 0.5) is 0 Å². The second kappa shape index (κ2) is 5.83. The fraction of sp³-hybridized carbons (Fsp3) is 0.562. The van der Waals surface area contributed by atoms with Crippen LogP contribution >= 0.6 is 0 Å². The summed E-state index contributed by atoms with van der Waals surface area (Å²) < 4.78 is 10.3. The van der Waals surface area contributed by atoms with E-state index in [2.05, 4.69) is 19.2 Å². The summed E-state index contributed by atoms with van der Waals surface area (Å²) >= 11 is 0. The maximum atomic E-state index is 12.4. The molecule has 0 heterocycles. The van der Waals surface area contributed by atoms with E-state index in [1.54, 1.807) is 7.11 Å². The zero-order valence-electron chi connectivity index (χ0n) is 12.7. The van der Waals surface area contributed by atoms with E-state index in [-0.39, 0.29) is 5.97 Å². The highest BCUT2D eigenvalue weighted by molar-refractivity contribution is 5.84. The Morgan fingerprint density at radius 3 is 2.75 bits per heavy atom. The van der Waals surface area contributed by atoms with E-state index in [4.69, 9.17) is 9.47 Å². The quantitative estimate of drug-likeness (QED) is 0.839. The van der Waals surface area contributed by atoms with Crippen molar-refractivity contribution in [2.75, 3.05) is 20.8 Å². The van der Waals surface area contributed by atoms with Crippen LogP contribution in [0.1, 0.15) is 31.4 Å². The summed E-state index contributed by atoms with van der Waals surface area (Å²) in [5.41, 5.74) is 1.44. The first-order valence-corrected chi connectivity index (χ1v) is 7.04. The second-order valence-electron chi connectivity index (χ2n) is 5.69. The van der Waals surface area contributed by atoms with Gasteiger partial charge in [-0.05, 0) is 48.6 Å². The number of benzene rings is 1. The van der Waals surface area contributed by atoms with Crippen molar-refractivity contribution >= 4 is 5.97 Å². The Labute approximate surface area is 120 Å². The highest BCUT2D eigenvalue weighted by atomic mass is 16.5. The van der Waals surface area contributed by atoms with E-state index in [9.17, 15) is 4.79 Å². The molecule has 1 aromatic rings. The predicted octanol–water partition coefficient (Wildman–Crippen LogP) is 2.26. The minimum Gasteiger partial charge on any atom is -0.497 e. The van der Waals surface area contributed by atoms with Crippen molar-refractivity contribution in [2.45, 2.75) is 32.2 Å². The molecule has 1 aliphatic rings. The van der Waals surface area contributed by atoms with E-state index in [1.807, 2.05) is 18.2 Å². The highest BCUT2D eigenvalue weighted by Crippen LogP contribution is 2.39. The van der Waals surface area contributed by atoms with Gasteiger partial charge >= 0.3 is 5.97 Å². The molecule has 2 rings (SSSR count). The van der Waals surface area contributed by atoms with Crippen LogP contribution in [0.3, 0.4) is 0 Å². The van der Waals surface area contributed by atoms with E-state index in [1.165, 1.54) is 12.7 Å². The summed E-state index contributed by atoms with van der Waals surface area (Å²) in [6.07, 6.45) is 1.61. The van der Waals surface area contributed by atoms with Gasteiger partial charge in [0.25, 0.3) is 0 Å². The number of fused-ring (bicyclic) bond motifs is 1. The van der Waals surface area contributed by atoms with Gasteiger partial charge in [0.05, 0.1) is 14.2 Å². The maximum Gasteiger partial charge on any atom is 0.330 e. The van der Waals surface area contributed by atoms with E-state index < -0.39 is 5.54 Å². The average molecular weight is 277 g/mol. The fourth-order valence-electron chi connectivity index (χ4n) is 2.78. The first-order valence-electron chi connectivity index (χ1n) is 7.04. The number of hydrogen-bond acceptors (Lipinski definition) is 4. The lowest BCUT2D eigenvalue weighted by atomic mass is 9.91. The molecule has 4 nitrogen and oxygen atoms in total. The molecule has 1 N–H and O–H groups in total. The Kier molecular flexibility index (Phi) is 4.33. The van der Waals surface area contributed by atoms with Crippen LogP contribution in [0, 0.1) is 5.92 Å². The molecule has 0 aliphatic heterocycles. The summed E-state index contributed by atoms with van der Waals surface area (Å²) in [4.78, 5) is 12.4. The van der Waals surface area contributed by atoms with Gasteiger partial charge in [0.2, 0.25) is 0 Å². The summed E-state index contributed by atoms with van der Waals surface area (Å²) in [6, 6.07) is 5.93. The molecule has 20 heavy (non-hydrogen) atoms. The Hall–Kier alpha value is -1.55. The third-order valence-corrected chi connectivity index (χ3v) is 3.89. The van der Waals surface area contributed by atoms with Gasteiger partial charge in [-0.15, -0.1) is 0 Å². The lowest BCUT2D eigenvalue weighted by molar-refractivity contribution is -0.149. The molecule has 0 fully saturated rings. The molecule has 1 unspecified atom stereocenters. The van der Waals surface area contributed by atoms with Crippen molar-refractivity contribution in [1.82, 2.24) is 5.32 Å². The van der Waals surface area contributed by atoms with Gasteiger partial charge in [-0.2, -0.15) is 0 Å². The molecule has 0 radical (unpaired) electrons. The van der Waals surface area contributed by atoms with Crippen LogP contribution < -0.4 is 10.1 Å². The van der Waals surface area contributed by atoms with E-state index in [0.717, 1.165) is 30.7 Å². The van der Waals surface area contributed by atoms with Gasteiger partial charge in [0, 0.05) is 0 Å². The van der Waals surface area contributed by atoms with Crippen LogP contribution in [0.15, 0.2) is 18.2 Å². The first kappa shape index (κ1) is 14.9. The van der Waals surface area contributed by atoms with Crippen molar-refractivity contribution in [3.05, 3.63) is 29.3 Å². The minimum absolute atomic E-state index is 0.217. The second-order valence-corrected chi connectivity index (χ2v) is 5.69. The first-order chi connectivity index (χ1) is 9.53. The number of nitrogens with one attached hydrogen (secondary N) is 1. The van der Waals surface area contributed by atoms with Crippen LogP contribution in [0.2, 0.25) is 0 Å². The number of aryl methyl sites for hydroxylation is 1. The number of rotatable bonds is 5. The average Bonchev–Trinajstić information content (AvgIpc) is 2.83. The molecule has 1 aromatic carbocycles. The van der Waals surface area contributed by atoms with E-state index in [0.29, 0.717) is 5.92 Å². The van der Waals surface area contributed by atoms with Crippen molar-refractivity contribution in [1.29, 1.82) is 0 Å². The SMILES string of the molecule is COC(=O)C1(NCC(C)C)CCc2ccc(OC)cc21. The lowest BCUT2D eigenvalue weighted by Gasteiger charge is -2.30. The number of esters is 1. The molecule has 0 spiro atoms. The van der Waals surface area contributed by atoms with Crippen molar-refractivity contribution in [3.63, 3.8) is 0 Å². The largest absolute Gasteiger partial charge is 0.497 e. The molecule has 0 amide bonds. The van der Waals surface area contributed by atoms with Gasteiger partial charge in [-0.3, -0.25) is 5.32 Å². The Bertz CT molecular complexity index is 498. The van der Waals surface area contributed by atoms with Gasteiger partial charge in [0.15, 0.2) is 0 Å². The molecule has 0 saturated heterocycles. The molecular formula is C16H23NO3. The molecule has 1 atom stereocenters. The smallest absolute Gasteiger partial charge is 0.330 e. The normalized spacial score (nSPS) is 20.9. The fourth-order valence-corrected chi connectivity index (χ4v) is 2.78. The molecular weight excluding hydrogens is 254 g/mol. The van der Waals surface area contributed by atoms with Crippen LogP contribution in [-0.4, -0.2) is 26.7 Å². The Balaban J connectivity index is 2.42. The monoisotopic (exact) mass is 277 g/mol. The Morgan fingerprint density at radius 1 is 1.40 bits per heavy atom. The molecule has 0 aromatic heterocycles. The summed E-state index contributed by atoms with van der Waals surface area (Å²) in [5, 5.41) is 3.42. The lowest BCUT2D eigenvalue weighted by Crippen LogP contribution is -2.49. The van der Waals surface area contributed by atoms with Gasteiger partial charge in [0.1, 0.15) is 11.3 Å². The van der Waals surface area contributed by atoms with Crippen molar-refractivity contribution in [2.24, 2.45) is 5.92 Å². The van der Waals surface area contributed by atoms with Crippen LogP contribution in [0.5, 0.6) is 5.75 Å². The minimum atomic E-state index is -0.733. The maximum absolute atomic E-state index is 12.4. The van der Waals surface area contributed by atoms with Gasteiger partial charge < -0.3 is 9.47 Å².